The first-order chi connectivity index (χ1) is 9.26. The molecule has 0 saturated carbocycles. The molecule has 0 radical (unpaired) electrons. The van der Waals surface area contributed by atoms with Gasteiger partial charge >= 0.3 is 0 Å². The summed E-state index contributed by atoms with van der Waals surface area (Å²) in [6.07, 6.45) is 1.70. The predicted octanol–water partition coefficient (Wildman–Crippen LogP) is 0.662. The third-order valence-electron chi connectivity index (χ3n) is 2.88. The summed E-state index contributed by atoms with van der Waals surface area (Å²) in [4.78, 5) is 17.9. The Morgan fingerprint density at radius 1 is 1.16 bits per heavy atom. The summed E-state index contributed by atoms with van der Waals surface area (Å²) in [6.45, 7) is 0.177. The Kier molecular flexibility index (Phi) is 4.43. The lowest BCUT2D eigenvalue weighted by Crippen LogP contribution is -2.35. The minimum Gasteiger partial charge on any atom is -0.395 e. The van der Waals surface area contributed by atoms with Gasteiger partial charge in [-0.2, -0.15) is 0 Å². The van der Waals surface area contributed by atoms with Gasteiger partial charge in [0.1, 0.15) is 0 Å². The zero-order chi connectivity index (χ0) is 13.7. The highest BCUT2D eigenvalue weighted by Gasteiger charge is 2.15. The standard InChI is InChI=1S/C14H16N2O3/c17-8-6-16(7-9-18)14(19)12-3-4-13-11(10-12)2-1-5-15-13/h1-5,10,17-18H,6-9H2. The van der Waals surface area contributed by atoms with Crippen LogP contribution < -0.4 is 0 Å². The van der Waals surface area contributed by atoms with Crippen LogP contribution in [-0.4, -0.2) is 52.3 Å². The van der Waals surface area contributed by atoms with Crippen molar-refractivity contribution in [2.45, 2.75) is 0 Å². The number of hydrogen-bond donors (Lipinski definition) is 2. The van der Waals surface area contributed by atoms with Crippen molar-refractivity contribution in [3.05, 3.63) is 42.1 Å². The Labute approximate surface area is 111 Å². The second kappa shape index (κ2) is 6.26. The Morgan fingerprint density at radius 2 is 1.89 bits per heavy atom. The summed E-state index contributed by atoms with van der Waals surface area (Å²) in [7, 11) is 0. The van der Waals surface area contributed by atoms with Gasteiger partial charge in [-0.3, -0.25) is 9.78 Å². The van der Waals surface area contributed by atoms with Crippen molar-refractivity contribution >= 4 is 16.8 Å². The van der Waals surface area contributed by atoms with Crippen molar-refractivity contribution in [1.29, 1.82) is 0 Å². The molecule has 0 atom stereocenters. The van der Waals surface area contributed by atoms with E-state index in [1.807, 2.05) is 12.1 Å². The second-order valence-electron chi connectivity index (χ2n) is 4.15. The van der Waals surface area contributed by atoms with E-state index >= 15 is 0 Å². The molecule has 0 unspecified atom stereocenters. The van der Waals surface area contributed by atoms with Gasteiger partial charge in [-0.05, 0) is 24.3 Å². The van der Waals surface area contributed by atoms with E-state index in [2.05, 4.69) is 4.98 Å². The quantitative estimate of drug-likeness (QED) is 0.828. The van der Waals surface area contributed by atoms with Crippen molar-refractivity contribution in [2.75, 3.05) is 26.3 Å². The summed E-state index contributed by atoms with van der Waals surface area (Å²) < 4.78 is 0. The van der Waals surface area contributed by atoms with E-state index in [1.165, 1.54) is 4.90 Å². The number of aliphatic hydroxyl groups excluding tert-OH is 2. The van der Waals surface area contributed by atoms with Crippen LogP contribution in [0.15, 0.2) is 36.5 Å². The van der Waals surface area contributed by atoms with Crippen molar-refractivity contribution in [3.63, 3.8) is 0 Å². The third-order valence-corrected chi connectivity index (χ3v) is 2.88. The number of carbonyl (C=O) groups is 1. The lowest BCUT2D eigenvalue weighted by Gasteiger charge is -2.20. The van der Waals surface area contributed by atoms with E-state index in [4.69, 9.17) is 10.2 Å². The average molecular weight is 260 g/mol. The molecule has 1 aromatic carbocycles. The molecule has 1 heterocycles. The number of nitrogens with zero attached hydrogens (tertiary/aromatic N) is 2. The molecule has 1 aromatic heterocycles. The summed E-state index contributed by atoms with van der Waals surface area (Å²) in [5.41, 5.74) is 1.36. The Morgan fingerprint density at radius 3 is 2.58 bits per heavy atom. The fourth-order valence-corrected chi connectivity index (χ4v) is 1.95. The molecule has 0 aliphatic rings. The van der Waals surface area contributed by atoms with Crippen LogP contribution in [0.25, 0.3) is 10.9 Å². The van der Waals surface area contributed by atoms with Crippen LogP contribution in [0, 0.1) is 0 Å². The number of hydrogen-bond acceptors (Lipinski definition) is 4. The summed E-state index contributed by atoms with van der Waals surface area (Å²) >= 11 is 0. The molecule has 19 heavy (non-hydrogen) atoms. The molecule has 0 bridgehead atoms. The lowest BCUT2D eigenvalue weighted by atomic mass is 10.1. The average Bonchev–Trinajstić information content (AvgIpc) is 2.46. The number of benzene rings is 1. The molecular weight excluding hydrogens is 244 g/mol. The summed E-state index contributed by atoms with van der Waals surface area (Å²) in [5, 5.41) is 18.8. The number of amides is 1. The van der Waals surface area contributed by atoms with Crippen LogP contribution >= 0.6 is 0 Å². The minimum atomic E-state index is -0.200. The highest BCUT2D eigenvalue weighted by atomic mass is 16.3. The monoisotopic (exact) mass is 260 g/mol. The Balaban J connectivity index is 2.29. The smallest absolute Gasteiger partial charge is 0.254 e. The number of aliphatic hydroxyl groups is 2. The highest BCUT2D eigenvalue weighted by Crippen LogP contribution is 2.14. The number of aromatic nitrogens is 1. The van der Waals surface area contributed by atoms with E-state index in [9.17, 15) is 4.79 Å². The van der Waals surface area contributed by atoms with E-state index in [-0.39, 0.29) is 32.2 Å². The molecule has 0 saturated heterocycles. The molecular formula is C14H16N2O3. The maximum atomic E-state index is 12.3. The first kappa shape index (κ1) is 13.5. The van der Waals surface area contributed by atoms with Gasteiger partial charge in [-0.25, -0.2) is 0 Å². The molecule has 100 valence electrons. The van der Waals surface area contributed by atoms with Crippen molar-refractivity contribution < 1.29 is 15.0 Å². The van der Waals surface area contributed by atoms with Gasteiger partial charge in [-0.1, -0.05) is 6.07 Å². The number of fused-ring (bicyclic) bond motifs is 1. The molecule has 1 amide bonds. The Bertz CT molecular complexity index is 565. The predicted molar refractivity (Wildman–Crippen MR) is 71.8 cm³/mol. The van der Waals surface area contributed by atoms with Gasteiger partial charge in [0.2, 0.25) is 0 Å². The second-order valence-corrected chi connectivity index (χ2v) is 4.15. The van der Waals surface area contributed by atoms with Crippen LogP contribution in [0.2, 0.25) is 0 Å². The van der Waals surface area contributed by atoms with Gasteiger partial charge in [0.15, 0.2) is 0 Å². The topological polar surface area (TPSA) is 73.7 Å². The molecule has 0 aliphatic carbocycles. The van der Waals surface area contributed by atoms with Crippen molar-refractivity contribution in [2.24, 2.45) is 0 Å². The molecule has 2 aromatic rings. The van der Waals surface area contributed by atoms with Crippen LogP contribution in [0.4, 0.5) is 0 Å². The number of rotatable bonds is 5. The van der Waals surface area contributed by atoms with Gasteiger partial charge in [-0.15, -0.1) is 0 Å². The number of carbonyl (C=O) groups excluding carboxylic acids is 1. The highest BCUT2D eigenvalue weighted by molar-refractivity contribution is 5.97. The largest absolute Gasteiger partial charge is 0.395 e. The maximum absolute atomic E-state index is 12.3. The molecule has 0 aliphatic heterocycles. The fourth-order valence-electron chi connectivity index (χ4n) is 1.95. The van der Waals surface area contributed by atoms with Gasteiger partial charge < -0.3 is 15.1 Å². The Hall–Kier alpha value is -1.98. The van der Waals surface area contributed by atoms with Crippen LogP contribution in [0.5, 0.6) is 0 Å². The summed E-state index contributed by atoms with van der Waals surface area (Å²) in [5.74, 6) is -0.200. The zero-order valence-electron chi connectivity index (χ0n) is 10.5. The van der Waals surface area contributed by atoms with Gasteiger partial charge in [0.25, 0.3) is 5.91 Å². The van der Waals surface area contributed by atoms with E-state index in [0.29, 0.717) is 5.56 Å². The molecule has 5 nitrogen and oxygen atoms in total. The maximum Gasteiger partial charge on any atom is 0.254 e. The lowest BCUT2D eigenvalue weighted by molar-refractivity contribution is 0.0685. The third kappa shape index (κ3) is 3.07. The molecule has 0 spiro atoms. The van der Waals surface area contributed by atoms with Crippen LogP contribution in [-0.2, 0) is 0 Å². The first-order valence-corrected chi connectivity index (χ1v) is 6.12. The van der Waals surface area contributed by atoms with E-state index in [1.54, 1.807) is 24.4 Å². The van der Waals surface area contributed by atoms with Crippen LogP contribution in [0.1, 0.15) is 10.4 Å². The van der Waals surface area contributed by atoms with Gasteiger partial charge in [0.05, 0.1) is 18.7 Å². The van der Waals surface area contributed by atoms with Crippen LogP contribution in [0.3, 0.4) is 0 Å². The van der Waals surface area contributed by atoms with Crippen molar-refractivity contribution in [1.82, 2.24) is 9.88 Å². The molecule has 5 heteroatoms. The molecule has 2 rings (SSSR count). The normalized spacial score (nSPS) is 10.6. The minimum absolute atomic E-state index is 0.124. The molecule has 0 fully saturated rings. The molecule has 2 N–H and O–H groups in total. The van der Waals surface area contributed by atoms with Crippen molar-refractivity contribution in [3.8, 4) is 0 Å². The zero-order valence-corrected chi connectivity index (χ0v) is 10.5. The first-order valence-electron chi connectivity index (χ1n) is 6.12. The summed E-state index contributed by atoms with van der Waals surface area (Å²) in [6, 6.07) is 8.97. The van der Waals surface area contributed by atoms with E-state index in [0.717, 1.165) is 10.9 Å². The van der Waals surface area contributed by atoms with E-state index < -0.39 is 0 Å². The SMILES string of the molecule is O=C(c1ccc2ncccc2c1)N(CCO)CCO. The number of pyridine rings is 1. The van der Waals surface area contributed by atoms with Gasteiger partial charge in [0, 0.05) is 30.2 Å². The fraction of sp³-hybridized carbons (Fsp3) is 0.286.